The van der Waals surface area contributed by atoms with E-state index < -0.39 is 11.7 Å². The largest absolute Gasteiger partial charge is 0.475 e. The van der Waals surface area contributed by atoms with Crippen molar-refractivity contribution in [1.82, 2.24) is 19.8 Å². The molecule has 5 heterocycles. The molecule has 3 aliphatic heterocycles. The van der Waals surface area contributed by atoms with Crippen LogP contribution in [-0.2, 0) is 23.9 Å². The smallest absolute Gasteiger partial charge is 0.419 e. The van der Waals surface area contributed by atoms with Gasteiger partial charge < -0.3 is 24.3 Å². The fraction of sp³-hybridized carbons (Fsp3) is 0.500. The summed E-state index contributed by atoms with van der Waals surface area (Å²) < 4.78 is 47.5. The number of carbonyl (C=O) groups is 1. The molecule has 0 aliphatic carbocycles. The third kappa shape index (κ3) is 5.43. The highest BCUT2D eigenvalue weighted by molar-refractivity contribution is 5.87. The summed E-state index contributed by atoms with van der Waals surface area (Å²) in [7, 11) is 2.03. The standard InChI is InChI=1S/C28H32F3N7O2/c1-3-24(39)36-12-14-37(15-13-36)25-20-8-11-38(26-22(28(29,30)31)7-4-9-33-26)17-23(20)34-27(21(25)16-32)40-18-19-6-5-10-35(19)2/h3-4,7,9,19H,1,5-6,8,10-15,17-18H2,2H3/t19-/m0/s1. The first-order valence-electron chi connectivity index (χ1n) is 13.4. The third-order valence-electron chi connectivity index (χ3n) is 7.96. The zero-order chi connectivity index (χ0) is 28.4. The molecule has 2 aromatic heterocycles. The highest BCUT2D eigenvalue weighted by Gasteiger charge is 2.38. The predicted molar refractivity (Wildman–Crippen MR) is 143 cm³/mol. The number of hydrogen-bond donors (Lipinski definition) is 0. The van der Waals surface area contributed by atoms with Crippen molar-refractivity contribution >= 4 is 17.4 Å². The van der Waals surface area contributed by atoms with E-state index in [1.807, 2.05) is 7.05 Å². The molecule has 5 rings (SSSR count). The number of anilines is 2. The summed E-state index contributed by atoms with van der Waals surface area (Å²) >= 11 is 0. The minimum Gasteiger partial charge on any atom is -0.475 e. The molecule has 3 aliphatic rings. The first-order chi connectivity index (χ1) is 19.2. The second-order valence-corrected chi connectivity index (χ2v) is 10.3. The van der Waals surface area contributed by atoms with Gasteiger partial charge in [-0.05, 0) is 51.1 Å². The zero-order valence-corrected chi connectivity index (χ0v) is 22.5. The van der Waals surface area contributed by atoms with Crippen LogP contribution in [0.4, 0.5) is 24.7 Å². The molecule has 0 radical (unpaired) electrons. The first kappa shape index (κ1) is 27.7. The van der Waals surface area contributed by atoms with Crippen LogP contribution in [0.5, 0.6) is 5.88 Å². The van der Waals surface area contributed by atoms with Crippen LogP contribution in [-0.4, -0.2) is 84.6 Å². The van der Waals surface area contributed by atoms with E-state index in [4.69, 9.17) is 9.72 Å². The zero-order valence-electron chi connectivity index (χ0n) is 22.5. The minimum atomic E-state index is -4.54. The number of likely N-dealkylation sites (N-methyl/N-ethyl adjacent to an activating group) is 1. The van der Waals surface area contributed by atoms with Crippen molar-refractivity contribution in [1.29, 1.82) is 5.26 Å². The van der Waals surface area contributed by atoms with E-state index in [2.05, 4.69) is 27.4 Å². The molecular weight excluding hydrogens is 523 g/mol. The van der Waals surface area contributed by atoms with E-state index in [0.717, 1.165) is 31.0 Å². The van der Waals surface area contributed by atoms with Gasteiger partial charge in [0.15, 0.2) is 0 Å². The third-order valence-corrected chi connectivity index (χ3v) is 7.96. The van der Waals surface area contributed by atoms with E-state index in [0.29, 0.717) is 56.2 Å². The molecule has 2 saturated heterocycles. The number of nitrogens with zero attached hydrogens (tertiary/aromatic N) is 7. The number of nitriles is 1. The molecule has 40 heavy (non-hydrogen) atoms. The number of hydrogen-bond acceptors (Lipinski definition) is 8. The summed E-state index contributed by atoms with van der Waals surface area (Å²) in [5.74, 6) is -0.0897. The van der Waals surface area contributed by atoms with E-state index in [1.165, 1.54) is 18.3 Å². The number of likely N-dealkylation sites (tertiary alicyclic amines) is 1. The number of rotatable bonds is 6. The maximum atomic E-state index is 13.8. The molecule has 0 spiro atoms. The van der Waals surface area contributed by atoms with Crippen molar-refractivity contribution in [3.05, 3.63) is 53.4 Å². The Morgan fingerprint density at radius 1 is 1.23 bits per heavy atom. The number of halogens is 3. The Bertz CT molecular complexity index is 1320. The summed E-state index contributed by atoms with van der Waals surface area (Å²) in [6.45, 7) is 7.20. The van der Waals surface area contributed by atoms with Crippen LogP contribution in [0.1, 0.15) is 35.2 Å². The van der Waals surface area contributed by atoms with Crippen LogP contribution < -0.4 is 14.5 Å². The number of alkyl halides is 3. The van der Waals surface area contributed by atoms with Crippen molar-refractivity contribution in [2.75, 3.05) is 62.7 Å². The number of piperazine rings is 1. The Kier molecular flexibility index (Phi) is 7.85. The quantitative estimate of drug-likeness (QED) is 0.502. The second kappa shape index (κ2) is 11.3. The Morgan fingerprint density at radius 2 is 2.00 bits per heavy atom. The SMILES string of the molecule is C=CC(=O)N1CCN(c2c(C#N)c(OC[C@@H]3CCCN3C)nc3c2CCN(c2ncccc2C(F)(F)F)C3)CC1. The lowest BCUT2D eigenvalue weighted by Gasteiger charge is -2.39. The van der Waals surface area contributed by atoms with Gasteiger partial charge in [0.05, 0.1) is 23.5 Å². The molecule has 2 fully saturated rings. The molecule has 1 atom stereocenters. The summed E-state index contributed by atoms with van der Waals surface area (Å²) in [4.78, 5) is 28.5. The van der Waals surface area contributed by atoms with Crippen molar-refractivity contribution in [2.45, 2.75) is 38.0 Å². The van der Waals surface area contributed by atoms with Crippen molar-refractivity contribution in [2.24, 2.45) is 0 Å². The lowest BCUT2D eigenvalue weighted by Crippen LogP contribution is -2.49. The van der Waals surface area contributed by atoms with E-state index in [9.17, 15) is 23.2 Å². The molecule has 0 saturated carbocycles. The molecule has 1 amide bonds. The second-order valence-electron chi connectivity index (χ2n) is 10.3. The summed E-state index contributed by atoms with van der Waals surface area (Å²) in [5.41, 5.74) is 1.62. The minimum absolute atomic E-state index is 0.0999. The van der Waals surface area contributed by atoms with Gasteiger partial charge in [0.2, 0.25) is 11.8 Å². The van der Waals surface area contributed by atoms with Gasteiger partial charge >= 0.3 is 6.18 Å². The van der Waals surface area contributed by atoms with Crippen LogP contribution in [0.15, 0.2) is 31.0 Å². The fourth-order valence-corrected chi connectivity index (χ4v) is 5.78. The first-order valence-corrected chi connectivity index (χ1v) is 13.4. The molecule has 9 nitrogen and oxygen atoms in total. The molecule has 0 unspecified atom stereocenters. The number of carbonyl (C=O) groups excluding carboxylic acids is 1. The fourth-order valence-electron chi connectivity index (χ4n) is 5.78. The van der Waals surface area contributed by atoms with Crippen molar-refractivity contribution in [3.63, 3.8) is 0 Å². The van der Waals surface area contributed by atoms with Gasteiger partial charge in [-0.1, -0.05) is 6.58 Å². The van der Waals surface area contributed by atoms with Gasteiger partial charge in [-0.25, -0.2) is 9.97 Å². The number of aromatic nitrogens is 2. The molecule has 0 bridgehead atoms. The lowest BCUT2D eigenvalue weighted by atomic mass is 9.97. The highest BCUT2D eigenvalue weighted by atomic mass is 19.4. The molecule has 0 aromatic carbocycles. The van der Waals surface area contributed by atoms with Gasteiger partial charge in [0.25, 0.3) is 0 Å². The maximum Gasteiger partial charge on any atom is 0.419 e. The number of pyridine rings is 2. The molecule has 12 heteroatoms. The van der Waals surface area contributed by atoms with Gasteiger partial charge in [0, 0.05) is 50.5 Å². The maximum absolute atomic E-state index is 13.8. The van der Waals surface area contributed by atoms with Gasteiger partial charge in [0.1, 0.15) is 24.1 Å². The monoisotopic (exact) mass is 555 g/mol. The van der Waals surface area contributed by atoms with Crippen LogP contribution >= 0.6 is 0 Å². The predicted octanol–water partition coefficient (Wildman–Crippen LogP) is 3.24. The van der Waals surface area contributed by atoms with Crippen LogP contribution in [0.25, 0.3) is 0 Å². The van der Waals surface area contributed by atoms with E-state index in [1.54, 1.807) is 9.80 Å². The van der Waals surface area contributed by atoms with E-state index in [-0.39, 0.29) is 36.7 Å². The van der Waals surface area contributed by atoms with E-state index >= 15 is 0 Å². The van der Waals surface area contributed by atoms with Crippen molar-refractivity contribution in [3.8, 4) is 11.9 Å². The summed E-state index contributed by atoms with van der Waals surface area (Å²) in [6, 6.07) is 4.81. The molecule has 2 aromatic rings. The number of fused-ring (bicyclic) bond motifs is 1. The van der Waals surface area contributed by atoms with Crippen LogP contribution in [0, 0.1) is 11.3 Å². The van der Waals surface area contributed by atoms with Crippen molar-refractivity contribution < 1.29 is 22.7 Å². The highest BCUT2D eigenvalue weighted by Crippen LogP contribution is 2.40. The molecule has 0 N–H and O–H groups in total. The van der Waals surface area contributed by atoms with Gasteiger partial charge in [-0.15, -0.1) is 0 Å². The Morgan fingerprint density at radius 3 is 2.65 bits per heavy atom. The molecule has 212 valence electrons. The van der Waals surface area contributed by atoms with Crippen LogP contribution in [0.3, 0.4) is 0 Å². The Hall–Kier alpha value is -3.85. The number of amides is 1. The van der Waals surface area contributed by atoms with Crippen LogP contribution in [0.2, 0.25) is 0 Å². The topological polar surface area (TPSA) is 88.8 Å². The number of ether oxygens (including phenoxy) is 1. The average Bonchev–Trinajstić information content (AvgIpc) is 3.38. The van der Waals surface area contributed by atoms with Gasteiger partial charge in [-0.2, -0.15) is 18.4 Å². The van der Waals surface area contributed by atoms with Gasteiger partial charge in [-0.3, -0.25) is 4.79 Å². The Balaban J connectivity index is 1.51. The normalized spacial score (nSPS) is 19.8. The summed E-state index contributed by atoms with van der Waals surface area (Å²) in [5, 5.41) is 10.3. The molecular formula is C28H32F3N7O2. The Labute approximate surface area is 231 Å². The average molecular weight is 556 g/mol. The summed E-state index contributed by atoms with van der Waals surface area (Å²) in [6.07, 6.45) is 0.525. The lowest BCUT2D eigenvalue weighted by molar-refractivity contribution is -0.137.